The second kappa shape index (κ2) is 12.4. The Kier molecular flexibility index (Phi) is 8.81. The maximum Gasteiger partial charge on any atom is 0.310 e. The van der Waals surface area contributed by atoms with Crippen LogP contribution < -0.4 is 4.90 Å². The lowest BCUT2D eigenvalue weighted by Gasteiger charge is -2.43. The van der Waals surface area contributed by atoms with Crippen LogP contribution in [-0.4, -0.2) is 89.9 Å². The predicted octanol–water partition coefficient (Wildman–Crippen LogP) is 4.07. The van der Waals surface area contributed by atoms with Gasteiger partial charge in [-0.05, 0) is 67.9 Å². The first-order valence-corrected chi connectivity index (χ1v) is 15.5. The number of ether oxygens (including phenoxy) is 1. The molecule has 3 amide bonds. The number of esters is 1. The first-order valence-electron chi connectivity index (χ1n) is 15.5. The van der Waals surface area contributed by atoms with Gasteiger partial charge in [0.15, 0.2) is 0 Å². The molecule has 3 saturated heterocycles. The maximum atomic E-state index is 14.2. The fourth-order valence-electron chi connectivity index (χ4n) is 6.62. The average Bonchev–Trinajstić information content (AvgIpc) is 3.27. The van der Waals surface area contributed by atoms with Gasteiger partial charge in [0.1, 0.15) is 12.1 Å². The van der Waals surface area contributed by atoms with E-state index in [4.69, 9.17) is 4.74 Å². The standard InChI is InChI=1S/C34H44N4O5/c1-5-43-31(41)26-10-9-19-36(22-26)29(39)23-37-24-38(28-11-7-6-8-12-28)34(32(37)42)17-20-35(21-18-34)30(40)25-13-15-27(16-14-25)33(2,3)4/h6-8,11-16,26H,5,9-10,17-24H2,1-4H3. The lowest BCUT2D eigenvalue weighted by atomic mass is 9.84. The number of nitrogens with zero attached hydrogens (tertiary/aromatic N) is 4. The van der Waals surface area contributed by atoms with Crippen LogP contribution >= 0.6 is 0 Å². The van der Waals surface area contributed by atoms with Gasteiger partial charge in [0.05, 0.1) is 19.2 Å². The summed E-state index contributed by atoms with van der Waals surface area (Å²) in [5, 5.41) is 0. The zero-order valence-corrected chi connectivity index (χ0v) is 25.9. The minimum atomic E-state index is -0.829. The highest BCUT2D eigenvalue weighted by Gasteiger charge is 2.54. The normalized spacial score (nSPS) is 20.5. The smallest absolute Gasteiger partial charge is 0.310 e. The summed E-state index contributed by atoms with van der Waals surface area (Å²) < 4.78 is 5.19. The number of amides is 3. The number of anilines is 1. The second-order valence-corrected chi connectivity index (χ2v) is 13.0. The van der Waals surface area contributed by atoms with Crippen molar-refractivity contribution in [1.82, 2.24) is 14.7 Å². The SMILES string of the molecule is CCOC(=O)C1CCCN(C(=O)CN2CN(c3ccccc3)C3(CCN(C(=O)c4ccc(C(C)(C)C)cc4)CC3)C2=O)C1. The Bertz CT molecular complexity index is 1330. The molecule has 0 aromatic heterocycles. The predicted molar refractivity (Wildman–Crippen MR) is 164 cm³/mol. The van der Waals surface area contributed by atoms with Crippen molar-refractivity contribution in [2.45, 2.75) is 64.3 Å². The summed E-state index contributed by atoms with van der Waals surface area (Å²) in [5.41, 5.74) is 1.92. The molecule has 0 radical (unpaired) electrons. The zero-order valence-electron chi connectivity index (χ0n) is 25.9. The van der Waals surface area contributed by atoms with Gasteiger partial charge in [-0.15, -0.1) is 0 Å². The molecular formula is C34H44N4O5. The quantitative estimate of drug-likeness (QED) is 0.473. The topological polar surface area (TPSA) is 90.5 Å². The minimum Gasteiger partial charge on any atom is -0.466 e. The van der Waals surface area contributed by atoms with Crippen LogP contribution in [0.3, 0.4) is 0 Å². The van der Waals surface area contributed by atoms with E-state index in [0.29, 0.717) is 64.3 Å². The molecule has 0 aliphatic carbocycles. The highest BCUT2D eigenvalue weighted by Crippen LogP contribution is 2.40. The fraction of sp³-hybridized carbons (Fsp3) is 0.529. The molecule has 3 aliphatic heterocycles. The van der Waals surface area contributed by atoms with Crippen molar-refractivity contribution in [3.63, 3.8) is 0 Å². The number of carbonyl (C=O) groups is 4. The Morgan fingerprint density at radius 3 is 2.23 bits per heavy atom. The molecule has 230 valence electrons. The molecule has 9 heteroatoms. The van der Waals surface area contributed by atoms with Crippen molar-refractivity contribution in [2.24, 2.45) is 5.92 Å². The van der Waals surface area contributed by atoms with E-state index in [9.17, 15) is 19.2 Å². The molecule has 3 heterocycles. The van der Waals surface area contributed by atoms with Crippen LogP contribution in [0.15, 0.2) is 54.6 Å². The summed E-state index contributed by atoms with van der Waals surface area (Å²) in [7, 11) is 0. The van der Waals surface area contributed by atoms with Crippen molar-refractivity contribution in [2.75, 3.05) is 50.9 Å². The van der Waals surface area contributed by atoms with Crippen molar-refractivity contribution in [3.8, 4) is 0 Å². The van der Waals surface area contributed by atoms with Gasteiger partial charge in [-0.25, -0.2) is 0 Å². The van der Waals surface area contributed by atoms with Gasteiger partial charge < -0.3 is 24.3 Å². The third kappa shape index (κ3) is 6.26. The van der Waals surface area contributed by atoms with Gasteiger partial charge >= 0.3 is 5.97 Å². The first kappa shape index (κ1) is 30.6. The van der Waals surface area contributed by atoms with Crippen molar-refractivity contribution < 1.29 is 23.9 Å². The van der Waals surface area contributed by atoms with Crippen LogP contribution in [0.5, 0.6) is 0 Å². The lowest BCUT2D eigenvalue weighted by Crippen LogP contribution is -2.57. The molecule has 3 fully saturated rings. The number of rotatable bonds is 6. The molecule has 1 atom stereocenters. The second-order valence-electron chi connectivity index (χ2n) is 13.0. The minimum absolute atomic E-state index is 0.00662. The van der Waals surface area contributed by atoms with Gasteiger partial charge in [-0.1, -0.05) is 51.1 Å². The van der Waals surface area contributed by atoms with E-state index >= 15 is 0 Å². The summed E-state index contributed by atoms with van der Waals surface area (Å²) in [6.07, 6.45) is 2.38. The fourth-order valence-corrected chi connectivity index (χ4v) is 6.62. The van der Waals surface area contributed by atoms with E-state index in [1.165, 1.54) is 5.56 Å². The first-order chi connectivity index (χ1) is 20.5. The Labute approximate surface area is 254 Å². The highest BCUT2D eigenvalue weighted by molar-refractivity contribution is 5.98. The monoisotopic (exact) mass is 588 g/mol. The number of likely N-dealkylation sites (tertiary alicyclic amines) is 2. The van der Waals surface area contributed by atoms with Crippen LogP contribution in [0.4, 0.5) is 5.69 Å². The summed E-state index contributed by atoms with van der Waals surface area (Å²) in [4.78, 5) is 60.6. The Hall–Kier alpha value is -3.88. The number of carbonyl (C=O) groups excluding carboxylic acids is 4. The number of piperidine rings is 2. The number of hydrogen-bond acceptors (Lipinski definition) is 6. The zero-order chi connectivity index (χ0) is 30.8. The number of para-hydroxylation sites is 1. The number of benzene rings is 2. The van der Waals surface area contributed by atoms with Crippen molar-refractivity contribution >= 4 is 29.4 Å². The van der Waals surface area contributed by atoms with E-state index in [2.05, 4.69) is 25.7 Å². The van der Waals surface area contributed by atoms with Crippen molar-refractivity contribution in [1.29, 1.82) is 0 Å². The molecule has 0 N–H and O–H groups in total. The largest absolute Gasteiger partial charge is 0.466 e. The van der Waals surface area contributed by atoms with Crippen molar-refractivity contribution in [3.05, 3.63) is 65.7 Å². The van der Waals surface area contributed by atoms with Crippen LogP contribution in [0.1, 0.15) is 69.3 Å². The molecule has 2 aromatic rings. The van der Waals surface area contributed by atoms with E-state index in [0.717, 1.165) is 12.1 Å². The van der Waals surface area contributed by atoms with E-state index in [1.807, 2.05) is 59.5 Å². The van der Waals surface area contributed by atoms with Gasteiger partial charge in [0, 0.05) is 37.4 Å². The third-order valence-corrected chi connectivity index (χ3v) is 9.18. The maximum absolute atomic E-state index is 14.2. The molecule has 5 rings (SSSR count). The molecule has 43 heavy (non-hydrogen) atoms. The Balaban J connectivity index is 1.30. The van der Waals surface area contributed by atoms with E-state index in [-0.39, 0.29) is 41.6 Å². The molecule has 1 unspecified atom stereocenters. The van der Waals surface area contributed by atoms with Crippen LogP contribution in [0, 0.1) is 5.92 Å². The molecule has 3 aliphatic rings. The lowest BCUT2D eigenvalue weighted by molar-refractivity contribution is -0.152. The summed E-state index contributed by atoms with van der Waals surface area (Å²) in [5.74, 6) is -0.854. The molecule has 2 aromatic carbocycles. The summed E-state index contributed by atoms with van der Waals surface area (Å²) in [6, 6.07) is 17.6. The Morgan fingerprint density at radius 2 is 1.60 bits per heavy atom. The van der Waals surface area contributed by atoms with E-state index in [1.54, 1.807) is 16.7 Å². The molecule has 0 saturated carbocycles. The average molecular weight is 589 g/mol. The van der Waals surface area contributed by atoms with Gasteiger partial charge in [-0.2, -0.15) is 0 Å². The molecule has 0 bridgehead atoms. The third-order valence-electron chi connectivity index (χ3n) is 9.18. The summed E-state index contributed by atoms with van der Waals surface area (Å²) in [6.45, 7) is 10.6. The highest BCUT2D eigenvalue weighted by atomic mass is 16.5. The molecular weight excluding hydrogens is 544 g/mol. The van der Waals surface area contributed by atoms with Crippen LogP contribution in [0.2, 0.25) is 0 Å². The van der Waals surface area contributed by atoms with Gasteiger partial charge in [-0.3, -0.25) is 19.2 Å². The van der Waals surface area contributed by atoms with Gasteiger partial charge in [0.25, 0.3) is 11.8 Å². The van der Waals surface area contributed by atoms with Crippen LogP contribution in [0.25, 0.3) is 0 Å². The summed E-state index contributed by atoms with van der Waals surface area (Å²) >= 11 is 0. The van der Waals surface area contributed by atoms with Crippen LogP contribution in [-0.2, 0) is 24.5 Å². The number of hydrogen-bond donors (Lipinski definition) is 0. The molecule has 1 spiro atoms. The molecule has 9 nitrogen and oxygen atoms in total. The Morgan fingerprint density at radius 1 is 0.930 bits per heavy atom. The van der Waals surface area contributed by atoms with E-state index < -0.39 is 5.54 Å². The van der Waals surface area contributed by atoms with Gasteiger partial charge in [0.2, 0.25) is 5.91 Å².